The highest BCUT2D eigenvalue weighted by molar-refractivity contribution is 5.93. The number of hydrogen-bond donors (Lipinski definition) is 2. The smallest absolute Gasteiger partial charge is 0.319 e. The molecule has 2 aromatic heterocycles. The molecule has 0 spiro atoms. The molecule has 0 aliphatic heterocycles. The Kier molecular flexibility index (Phi) is 5.52. The number of methoxy groups -OCH3 is 1. The number of rotatable bonds is 7. The van der Waals surface area contributed by atoms with Gasteiger partial charge in [-0.2, -0.15) is 4.98 Å². The van der Waals surface area contributed by atoms with Crippen LogP contribution in [0.25, 0.3) is 10.9 Å². The minimum absolute atomic E-state index is 0.271. The number of ether oxygens (including phenoxy) is 1. The molecule has 138 valence electrons. The van der Waals surface area contributed by atoms with Crippen LogP contribution in [-0.4, -0.2) is 34.4 Å². The van der Waals surface area contributed by atoms with Crippen molar-refractivity contribution < 1.29 is 14.1 Å². The average molecular weight is 357 g/mol. The number of anilines is 1. The van der Waals surface area contributed by atoms with Crippen LogP contribution in [0.2, 0.25) is 0 Å². The zero-order chi connectivity index (χ0) is 18.5. The summed E-state index contributed by atoms with van der Waals surface area (Å²) in [6, 6.07) is 7.76. The lowest BCUT2D eigenvalue weighted by Crippen LogP contribution is -2.30. The van der Waals surface area contributed by atoms with Gasteiger partial charge in [0.1, 0.15) is 6.61 Å². The molecule has 8 heteroatoms. The van der Waals surface area contributed by atoms with Crippen LogP contribution >= 0.6 is 0 Å². The van der Waals surface area contributed by atoms with Crippen LogP contribution in [0.4, 0.5) is 10.5 Å². The van der Waals surface area contributed by atoms with E-state index in [1.807, 2.05) is 18.2 Å². The van der Waals surface area contributed by atoms with Crippen molar-refractivity contribution in [3.8, 4) is 0 Å². The summed E-state index contributed by atoms with van der Waals surface area (Å²) in [5.74, 6) is 0.963. The zero-order valence-electron chi connectivity index (χ0n) is 15.2. The van der Waals surface area contributed by atoms with Gasteiger partial charge in [0.2, 0.25) is 5.89 Å². The summed E-state index contributed by atoms with van der Waals surface area (Å²) in [5, 5.41) is 10.5. The fourth-order valence-electron chi connectivity index (χ4n) is 2.94. The monoisotopic (exact) mass is 357 g/mol. The van der Waals surface area contributed by atoms with Crippen LogP contribution in [0.1, 0.15) is 24.3 Å². The quantitative estimate of drug-likeness (QED) is 0.678. The van der Waals surface area contributed by atoms with E-state index in [-0.39, 0.29) is 6.03 Å². The summed E-state index contributed by atoms with van der Waals surface area (Å²) in [5.41, 5.74) is 3.12. The van der Waals surface area contributed by atoms with Gasteiger partial charge in [-0.05, 0) is 38.1 Å². The van der Waals surface area contributed by atoms with Crippen molar-refractivity contribution >= 4 is 22.6 Å². The predicted molar refractivity (Wildman–Crippen MR) is 98.1 cm³/mol. The van der Waals surface area contributed by atoms with Crippen molar-refractivity contribution in [3.63, 3.8) is 0 Å². The van der Waals surface area contributed by atoms with Gasteiger partial charge in [0.25, 0.3) is 0 Å². The maximum atomic E-state index is 12.1. The number of fused-ring (bicyclic) bond motifs is 1. The topological polar surface area (TPSA) is 94.2 Å². The summed E-state index contributed by atoms with van der Waals surface area (Å²) in [4.78, 5) is 16.2. The van der Waals surface area contributed by atoms with E-state index in [4.69, 9.17) is 9.26 Å². The summed E-state index contributed by atoms with van der Waals surface area (Å²) in [6.07, 6.45) is 0.460. The number of nitrogens with zero attached hydrogens (tertiary/aromatic N) is 3. The van der Waals surface area contributed by atoms with Gasteiger partial charge in [0.05, 0.1) is 0 Å². The molecule has 1 aromatic carbocycles. The number of carbonyl (C=O) groups is 1. The van der Waals surface area contributed by atoms with E-state index in [1.54, 1.807) is 7.11 Å². The van der Waals surface area contributed by atoms with E-state index in [1.165, 1.54) is 11.2 Å². The van der Waals surface area contributed by atoms with Crippen molar-refractivity contribution in [2.75, 3.05) is 19.0 Å². The van der Waals surface area contributed by atoms with Gasteiger partial charge in [0.15, 0.2) is 5.82 Å². The molecule has 0 bridgehead atoms. The Hall–Kier alpha value is -2.87. The highest BCUT2D eigenvalue weighted by Crippen LogP contribution is 2.23. The van der Waals surface area contributed by atoms with E-state index in [9.17, 15) is 4.79 Å². The molecule has 0 aliphatic carbocycles. The number of aryl methyl sites for hydroxylation is 2. The molecule has 3 aromatic rings. The normalized spacial score (nSPS) is 11.0. The van der Waals surface area contributed by atoms with Crippen LogP contribution in [0, 0.1) is 6.92 Å². The standard InChI is InChI=1S/C18H23N5O3/c1-4-23-12(2)9-13-10-14(5-6-15(13)23)20-18(24)19-8-7-17-21-16(11-25-3)22-26-17/h5-6,9-10H,4,7-8,11H2,1-3H3,(H2,19,20,24). The SMILES string of the molecule is CCn1c(C)cc2cc(NC(=O)NCCc3nc(COC)no3)ccc21. The van der Waals surface area contributed by atoms with E-state index in [0.717, 1.165) is 17.6 Å². The fraction of sp³-hybridized carbons (Fsp3) is 0.389. The van der Waals surface area contributed by atoms with Crippen LogP contribution in [0.5, 0.6) is 0 Å². The van der Waals surface area contributed by atoms with Crippen LogP contribution in [0.3, 0.4) is 0 Å². The van der Waals surface area contributed by atoms with Gasteiger partial charge < -0.3 is 24.5 Å². The van der Waals surface area contributed by atoms with Gasteiger partial charge >= 0.3 is 6.03 Å². The van der Waals surface area contributed by atoms with Crippen molar-refractivity contribution in [2.24, 2.45) is 0 Å². The number of benzene rings is 1. The molecule has 2 amide bonds. The molecule has 3 rings (SSSR count). The minimum atomic E-state index is -0.271. The van der Waals surface area contributed by atoms with Gasteiger partial charge in [-0.25, -0.2) is 4.79 Å². The first kappa shape index (κ1) is 17.9. The van der Waals surface area contributed by atoms with Crippen LogP contribution in [-0.2, 0) is 24.3 Å². The molecule has 0 fully saturated rings. The van der Waals surface area contributed by atoms with Crippen molar-refractivity contribution in [1.82, 2.24) is 20.0 Å². The summed E-state index contributed by atoms with van der Waals surface area (Å²) < 4.78 is 12.2. The Balaban J connectivity index is 1.53. The van der Waals surface area contributed by atoms with Gasteiger partial charge in [-0.1, -0.05) is 5.16 Å². The molecule has 2 heterocycles. The van der Waals surface area contributed by atoms with E-state index < -0.39 is 0 Å². The Morgan fingerprint density at radius 1 is 1.35 bits per heavy atom. The third kappa shape index (κ3) is 4.02. The number of aromatic nitrogens is 3. The third-order valence-corrected chi connectivity index (χ3v) is 4.09. The lowest BCUT2D eigenvalue weighted by Gasteiger charge is -2.08. The lowest BCUT2D eigenvalue weighted by molar-refractivity contribution is 0.174. The molecule has 8 nitrogen and oxygen atoms in total. The fourth-order valence-corrected chi connectivity index (χ4v) is 2.94. The average Bonchev–Trinajstić information content (AvgIpc) is 3.17. The molecular weight excluding hydrogens is 334 g/mol. The van der Waals surface area contributed by atoms with E-state index in [0.29, 0.717) is 31.3 Å². The van der Waals surface area contributed by atoms with Gasteiger partial charge in [-0.15, -0.1) is 0 Å². The summed E-state index contributed by atoms with van der Waals surface area (Å²) in [6.45, 7) is 5.82. The Morgan fingerprint density at radius 2 is 2.19 bits per heavy atom. The second-order valence-corrected chi connectivity index (χ2v) is 5.97. The largest absolute Gasteiger partial charge is 0.377 e. The first-order chi connectivity index (χ1) is 12.6. The Morgan fingerprint density at radius 3 is 2.96 bits per heavy atom. The highest BCUT2D eigenvalue weighted by Gasteiger charge is 2.09. The second-order valence-electron chi connectivity index (χ2n) is 5.97. The van der Waals surface area contributed by atoms with Crippen molar-refractivity contribution in [2.45, 2.75) is 33.4 Å². The molecule has 0 aliphatic rings. The summed E-state index contributed by atoms with van der Waals surface area (Å²) >= 11 is 0. The minimum Gasteiger partial charge on any atom is -0.377 e. The molecule has 0 atom stereocenters. The molecule has 0 unspecified atom stereocenters. The van der Waals surface area contributed by atoms with E-state index in [2.05, 4.69) is 45.3 Å². The number of hydrogen-bond acceptors (Lipinski definition) is 5. The number of carbonyl (C=O) groups excluding carboxylic acids is 1. The first-order valence-corrected chi connectivity index (χ1v) is 8.56. The number of nitrogens with one attached hydrogen (secondary N) is 2. The maximum Gasteiger partial charge on any atom is 0.319 e. The zero-order valence-corrected chi connectivity index (χ0v) is 15.2. The first-order valence-electron chi connectivity index (χ1n) is 8.56. The van der Waals surface area contributed by atoms with E-state index >= 15 is 0 Å². The van der Waals surface area contributed by atoms with Crippen LogP contribution < -0.4 is 10.6 Å². The number of urea groups is 1. The molecule has 0 saturated heterocycles. The van der Waals surface area contributed by atoms with Crippen molar-refractivity contribution in [3.05, 3.63) is 41.7 Å². The Labute approximate surface area is 151 Å². The molecule has 0 saturated carbocycles. The molecule has 2 N–H and O–H groups in total. The number of amides is 2. The molecule has 0 radical (unpaired) electrons. The maximum absolute atomic E-state index is 12.1. The highest BCUT2D eigenvalue weighted by atomic mass is 16.5. The lowest BCUT2D eigenvalue weighted by atomic mass is 10.2. The van der Waals surface area contributed by atoms with Crippen LogP contribution in [0.15, 0.2) is 28.8 Å². The van der Waals surface area contributed by atoms with Gasteiger partial charge in [0, 0.05) is 48.9 Å². The molecule has 26 heavy (non-hydrogen) atoms. The van der Waals surface area contributed by atoms with Crippen molar-refractivity contribution in [1.29, 1.82) is 0 Å². The predicted octanol–water partition coefficient (Wildman–Crippen LogP) is 2.86. The summed E-state index contributed by atoms with van der Waals surface area (Å²) in [7, 11) is 1.57. The van der Waals surface area contributed by atoms with Gasteiger partial charge in [-0.3, -0.25) is 0 Å². The second kappa shape index (κ2) is 8.01. The molecular formula is C18H23N5O3. The Bertz CT molecular complexity index is 900. The third-order valence-electron chi connectivity index (χ3n) is 4.09.